The Morgan fingerprint density at radius 2 is 1.59 bits per heavy atom. The van der Waals surface area contributed by atoms with E-state index in [4.69, 9.17) is 4.74 Å². The number of hydrogen-bond donors (Lipinski definition) is 0. The monoisotopic (exact) mass is 400 g/mol. The van der Waals surface area contributed by atoms with Crippen molar-refractivity contribution in [3.63, 3.8) is 0 Å². The van der Waals surface area contributed by atoms with Gasteiger partial charge in [0.25, 0.3) is 11.4 Å². The lowest BCUT2D eigenvalue weighted by Crippen LogP contribution is -2.49. The summed E-state index contributed by atoms with van der Waals surface area (Å²) in [5.41, 5.74) is 0.597. The van der Waals surface area contributed by atoms with Gasteiger partial charge < -0.3 is 14.5 Å². The zero-order valence-electron chi connectivity index (χ0n) is 15.6. The van der Waals surface area contributed by atoms with E-state index in [2.05, 4.69) is 0 Å². The van der Waals surface area contributed by atoms with Gasteiger partial charge in [0, 0.05) is 44.4 Å². The maximum atomic E-state index is 12.4. The van der Waals surface area contributed by atoms with Gasteiger partial charge >= 0.3 is 0 Å². The van der Waals surface area contributed by atoms with Crippen LogP contribution in [-0.2, 0) is 4.79 Å². The number of carbonyl (C=O) groups is 1. The van der Waals surface area contributed by atoms with Crippen LogP contribution in [0.15, 0.2) is 48.5 Å². The minimum absolute atomic E-state index is 0.0232. The molecule has 1 aliphatic heterocycles. The van der Waals surface area contributed by atoms with Crippen LogP contribution in [0.5, 0.6) is 5.75 Å². The summed E-state index contributed by atoms with van der Waals surface area (Å²) >= 11 is 0. The summed E-state index contributed by atoms with van der Waals surface area (Å²) in [6.07, 6.45) is 0.183. The molecular weight excluding hydrogens is 380 g/mol. The quantitative estimate of drug-likeness (QED) is 0.517. The fraction of sp³-hybridized carbons (Fsp3) is 0.316. The van der Waals surface area contributed by atoms with Crippen molar-refractivity contribution in [2.75, 3.05) is 37.7 Å². The van der Waals surface area contributed by atoms with Crippen LogP contribution in [0, 0.1) is 20.2 Å². The third-order valence-electron chi connectivity index (χ3n) is 4.68. The van der Waals surface area contributed by atoms with Crippen molar-refractivity contribution >= 4 is 23.0 Å². The Balaban J connectivity index is 1.47. The third-order valence-corrected chi connectivity index (χ3v) is 4.68. The SMILES string of the molecule is O=C(CCOc1ccc([N+](=O)[O-])cc1)N1CCN(c2ccccc2[N+](=O)[O-])CC1. The lowest BCUT2D eigenvalue weighted by atomic mass is 10.2. The zero-order valence-corrected chi connectivity index (χ0v) is 15.6. The van der Waals surface area contributed by atoms with Gasteiger partial charge in [0.05, 0.1) is 22.9 Å². The lowest BCUT2D eigenvalue weighted by molar-refractivity contribution is -0.384. The van der Waals surface area contributed by atoms with Crippen LogP contribution in [0.4, 0.5) is 17.1 Å². The molecular formula is C19H20N4O6. The van der Waals surface area contributed by atoms with Gasteiger partial charge in [-0.1, -0.05) is 12.1 Å². The predicted molar refractivity (Wildman–Crippen MR) is 105 cm³/mol. The fourth-order valence-electron chi connectivity index (χ4n) is 3.16. The van der Waals surface area contributed by atoms with Gasteiger partial charge in [0.2, 0.25) is 5.91 Å². The minimum atomic E-state index is -0.489. The van der Waals surface area contributed by atoms with Crippen LogP contribution in [-0.4, -0.2) is 53.4 Å². The summed E-state index contributed by atoms with van der Waals surface area (Å²) in [5, 5.41) is 21.8. The number of para-hydroxylation sites is 2. The molecule has 29 heavy (non-hydrogen) atoms. The van der Waals surface area contributed by atoms with E-state index in [0.29, 0.717) is 37.6 Å². The number of carbonyl (C=O) groups excluding carboxylic acids is 1. The standard InChI is InChI=1S/C19H20N4O6/c24-19(9-14-29-16-7-5-15(6-8-16)22(25)26)21-12-10-20(11-13-21)17-3-1-2-4-18(17)23(27)28/h1-8H,9-14H2. The van der Waals surface area contributed by atoms with Crippen LogP contribution < -0.4 is 9.64 Å². The van der Waals surface area contributed by atoms with Gasteiger partial charge in [-0.3, -0.25) is 25.0 Å². The number of amides is 1. The molecule has 0 spiro atoms. The van der Waals surface area contributed by atoms with Crippen LogP contribution in [0.25, 0.3) is 0 Å². The first-order valence-corrected chi connectivity index (χ1v) is 9.09. The average molecular weight is 400 g/mol. The van der Waals surface area contributed by atoms with E-state index >= 15 is 0 Å². The molecule has 0 unspecified atom stereocenters. The number of nitrogens with zero attached hydrogens (tertiary/aromatic N) is 4. The van der Waals surface area contributed by atoms with Crippen molar-refractivity contribution in [1.82, 2.24) is 4.90 Å². The summed E-state index contributed by atoms with van der Waals surface area (Å²) in [4.78, 5) is 36.9. The molecule has 0 atom stereocenters. The number of nitro groups is 2. The van der Waals surface area contributed by atoms with Gasteiger partial charge in [-0.15, -0.1) is 0 Å². The van der Waals surface area contributed by atoms with E-state index < -0.39 is 9.85 Å². The van der Waals surface area contributed by atoms with Crippen LogP contribution >= 0.6 is 0 Å². The van der Waals surface area contributed by atoms with E-state index in [-0.39, 0.29) is 30.3 Å². The molecule has 10 nitrogen and oxygen atoms in total. The smallest absolute Gasteiger partial charge is 0.292 e. The number of anilines is 1. The molecule has 3 rings (SSSR count). The highest BCUT2D eigenvalue weighted by Gasteiger charge is 2.25. The van der Waals surface area contributed by atoms with Gasteiger partial charge in [0.15, 0.2) is 0 Å². The van der Waals surface area contributed by atoms with Crippen molar-refractivity contribution in [3.8, 4) is 5.75 Å². The highest BCUT2D eigenvalue weighted by atomic mass is 16.6. The molecule has 2 aromatic rings. The number of hydrogen-bond acceptors (Lipinski definition) is 7. The molecule has 10 heteroatoms. The molecule has 0 aliphatic carbocycles. The Labute approximate surface area is 166 Å². The minimum Gasteiger partial charge on any atom is -0.493 e. The number of piperazine rings is 1. The molecule has 1 fully saturated rings. The first-order valence-electron chi connectivity index (χ1n) is 9.09. The number of rotatable bonds is 7. The molecule has 0 radical (unpaired) electrons. The molecule has 1 aliphatic rings. The summed E-state index contributed by atoms with van der Waals surface area (Å²) in [7, 11) is 0. The van der Waals surface area contributed by atoms with Crippen molar-refractivity contribution in [2.45, 2.75) is 6.42 Å². The van der Waals surface area contributed by atoms with Crippen LogP contribution in [0.2, 0.25) is 0 Å². The Hall–Kier alpha value is -3.69. The molecule has 0 N–H and O–H groups in total. The molecule has 0 bridgehead atoms. The van der Waals surface area contributed by atoms with Crippen LogP contribution in [0.3, 0.4) is 0 Å². The molecule has 0 aromatic heterocycles. The molecule has 152 valence electrons. The number of nitro benzene ring substituents is 2. The largest absolute Gasteiger partial charge is 0.493 e. The number of ether oxygens (including phenoxy) is 1. The average Bonchev–Trinajstić information content (AvgIpc) is 2.74. The second kappa shape index (κ2) is 9.00. The fourth-order valence-corrected chi connectivity index (χ4v) is 3.16. The van der Waals surface area contributed by atoms with E-state index in [1.807, 2.05) is 4.90 Å². The summed E-state index contributed by atoms with van der Waals surface area (Å²) in [6.45, 7) is 2.14. The summed E-state index contributed by atoms with van der Waals surface area (Å²) in [6, 6.07) is 12.3. The Morgan fingerprint density at radius 3 is 2.21 bits per heavy atom. The predicted octanol–water partition coefficient (Wildman–Crippen LogP) is 2.62. The van der Waals surface area contributed by atoms with Crippen molar-refractivity contribution < 1.29 is 19.4 Å². The molecule has 1 amide bonds. The molecule has 0 saturated carbocycles. The third kappa shape index (κ3) is 4.98. The number of benzene rings is 2. The highest BCUT2D eigenvalue weighted by molar-refractivity contribution is 5.77. The topological polar surface area (TPSA) is 119 Å². The van der Waals surface area contributed by atoms with Crippen molar-refractivity contribution in [1.29, 1.82) is 0 Å². The normalized spacial score (nSPS) is 13.8. The van der Waals surface area contributed by atoms with E-state index in [1.165, 1.54) is 30.3 Å². The number of non-ortho nitro benzene ring substituents is 1. The maximum Gasteiger partial charge on any atom is 0.292 e. The summed E-state index contributed by atoms with van der Waals surface area (Å²) < 4.78 is 5.48. The first-order chi connectivity index (χ1) is 14.0. The van der Waals surface area contributed by atoms with E-state index in [1.54, 1.807) is 23.1 Å². The van der Waals surface area contributed by atoms with Crippen molar-refractivity contribution in [3.05, 3.63) is 68.8 Å². The van der Waals surface area contributed by atoms with Crippen LogP contribution in [0.1, 0.15) is 6.42 Å². The van der Waals surface area contributed by atoms with E-state index in [0.717, 1.165) is 0 Å². The molecule has 2 aromatic carbocycles. The van der Waals surface area contributed by atoms with Gasteiger partial charge in [0.1, 0.15) is 11.4 Å². The Kier molecular flexibility index (Phi) is 6.22. The second-order valence-corrected chi connectivity index (χ2v) is 6.46. The first kappa shape index (κ1) is 20.1. The lowest BCUT2D eigenvalue weighted by Gasteiger charge is -2.35. The Morgan fingerprint density at radius 1 is 0.931 bits per heavy atom. The summed E-state index contributed by atoms with van der Waals surface area (Å²) in [5.74, 6) is 0.402. The van der Waals surface area contributed by atoms with E-state index in [9.17, 15) is 25.0 Å². The Bertz CT molecular complexity index is 894. The molecule has 1 heterocycles. The molecule has 1 saturated heterocycles. The van der Waals surface area contributed by atoms with Crippen molar-refractivity contribution in [2.24, 2.45) is 0 Å². The van der Waals surface area contributed by atoms with Gasteiger partial charge in [-0.25, -0.2) is 0 Å². The van der Waals surface area contributed by atoms with Gasteiger partial charge in [-0.2, -0.15) is 0 Å². The zero-order chi connectivity index (χ0) is 20.8. The maximum absolute atomic E-state index is 12.4. The second-order valence-electron chi connectivity index (χ2n) is 6.46. The highest BCUT2D eigenvalue weighted by Crippen LogP contribution is 2.28. The van der Waals surface area contributed by atoms with Gasteiger partial charge in [-0.05, 0) is 18.2 Å².